The molecule has 2 aromatic heterocycles. The molecular formula is C14H21N5O. The van der Waals surface area contributed by atoms with Crippen molar-refractivity contribution in [3.63, 3.8) is 0 Å². The Morgan fingerprint density at radius 3 is 2.80 bits per heavy atom. The maximum atomic E-state index is 11.9. The normalized spacial score (nSPS) is 12.8. The Morgan fingerprint density at radius 1 is 1.40 bits per heavy atom. The highest BCUT2D eigenvalue weighted by Crippen LogP contribution is 2.19. The standard InChI is InChI=1S/C14H21N5O/c1-9(2)19-13-11(7-17-19)6-12(8-16-13)18-14(20)10(3)4-5-15/h6-10H,4-5,15H2,1-3H3,(H,18,20). The van der Waals surface area contributed by atoms with E-state index in [1.54, 1.807) is 12.4 Å². The highest BCUT2D eigenvalue weighted by atomic mass is 16.1. The third kappa shape index (κ3) is 2.96. The number of hydrogen-bond acceptors (Lipinski definition) is 4. The van der Waals surface area contributed by atoms with Crippen molar-refractivity contribution in [3.8, 4) is 0 Å². The van der Waals surface area contributed by atoms with Gasteiger partial charge in [-0.25, -0.2) is 9.67 Å². The fourth-order valence-corrected chi connectivity index (χ4v) is 2.03. The Kier molecular flexibility index (Phi) is 4.34. The van der Waals surface area contributed by atoms with Crippen molar-refractivity contribution in [1.82, 2.24) is 14.8 Å². The van der Waals surface area contributed by atoms with Crippen LogP contribution in [0.1, 0.15) is 33.2 Å². The second-order valence-corrected chi connectivity index (χ2v) is 5.29. The molecule has 0 radical (unpaired) electrons. The summed E-state index contributed by atoms with van der Waals surface area (Å²) in [5.41, 5.74) is 6.98. The number of aromatic nitrogens is 3. The van der Waals surface area contributed by atoms with Crippen LogP contribution in [0.25, 0.3) is 11.0 Å². The zero-order valence-corrected chi connectivity index (χ0v) is 12.1. The summed E-state index contributed by atoms with van der Waals surface area (Å²) in [5, 5.41) is 8.09. The van der Waals surface area contributed by atoms with Crippen molar-refractivity contribution < 1.29 is 4.79 Å². The first-order valence-corrected chi connectivity index (χ1v) is 6.87. The third-order valence-corrected chi connectivity index (χ3v) is 3.24. The smallest absolute Gasteiger partial charge is 0.227 e. The van der Waals surface area contributed by atoms with E-state index in [-0.39, 0.29) is 17.9 Å². The van der Waals surface area contributed by atoms with Gasteiger partial charge in [0, 0.05) is 17.3 Å². The lowest BCUT2D eigenvalue weighted by Gasteiger charge is -2.11. The molecule has 6 nitrogen and oxygen atoms in total. The number of carbonyl (C=O) groups excluding carboxylic acids is 1. The van der Waals surface area contributed by atoms with E-state index in [1.807, 2.05) is 17.7 Å². The molecule has 6 heteroatoms. The molecule has 0 aliphatic heterocycles. The Bertz CT molecular complexity index is 605. The monoisotopic (exact) mass is 275 g/mol. The average molecular weight is 275 g/mol. The number of fused-ring (bicyclic) bond motifs is 1. The number of nitrogens with two attached hydrogens (primary N) is 1. The van der Waals surface area contributed by atoms with Crippen LogP contribution >= 0.6 is 0 Å². The van der Waals surface area contributed by atoms with E-state index in [0.717, 1.165) is 11.0 Å². The quantitative estimate of drug-likeness (QED) is 0.873. The summed E-state index contributed by atoms with van der Waals surface area (Å²) >= 11 is 0. The van der Waals surface area contributed by atoms with Gasteiger partial charge in [-0.05, 0) is 32.9 Å². The lowest BCUT2D eigenvalue weighted by molar-refractivity contribution is -0.119. The van der Waals surface area contributed by atoms with Crippen LogP contribution in [0.5, 0.6) is 0 Å². The summed E-state index contributed by atoms with van der Waals surface area (Å²) in [7, 11) is 0. The molecule has 0 aliphatic rings. The molecule has 2 rings (SSSR count). The van der Waals surface area contributed by atoms with Crippen LogP contribution in [-0.2, 0) is 4.79 Å². The zero-order valence-electron chi connectivity index (χ0n) is 12.1. The highest BCUT2D eigenvalue weighted by molar-refractivity contribution is 5.93. The minimum atomic E-state index is -0.103. The van der Waals surface area contributed by atoms with Crippen molar-refractivity contribution in [2.75, 3.05) is 11.9 Å². The Morgan fingerprint density at radius 2 is 2.15 bits per heavy atom. The van der Waals surface area contributed by atoms with Gasteiger partial charge in [-0.15, -0.1) is 0 Å². The van der Waals surface area contributed by atoms with Crippen LogP contribution in [0.3, 0.4) is 0 Å². The molecule has 0 fully saturated rings. The van der Waals surface area contributed by atoms with Gasteiger partial charge in [-0.1, -0.05) is 6.92 Å². The summed E-state index contributed by atoms with van der Waals surface area (Å²) < 4.78 is 1.86. The van der Waals surface area contributed by atoms with Crippen molar-refractivity contribution >= 4 is 22.6 Å². The van der Waals surface area contributed by atoms with Crippen LogP contribution < -0.4 is 11.1 Å². The minimum absolute atomic E-state index is 0.0344. The predicted molar refractivity (Wildman–Crippen MR) is 79.4 cm³/mol. The lowest BCUT2D eigenvalue weighted by atomic mass is 10.1. The molecule has 0 saturated heterocycles. The number of rotatable bonds is 5. The van der Waals surface area contributed by atoms with E-state index < -0.39 is 0 Å². The number of nitrogens with zero attached hydrogens (tertiary/aromatic N) is 3. The Labute approximate surface area is 118 Å². The van der Waals surface area contributed by atoms with Crippen molar-refractivity contribution in [1.29, 1.82) is 0 Å². The summed E-state index contributed by atoms with van der Waals surface area (Å²) in [4.78, 5) is 16.3. The van der Waals surface area contributed by atoms with E-state index in [4.69, 9.17) is 5.73 Å². The Hall–Kier alpha value is -1.95. The summed E-state index contributed by atoms with van der Waals surface area (Å²) in [6.45, 7) is 6.48. The first kappa shape index (κ1) is 14.5. The molecule has 1 amide bonds. The number of hydrogen-bond donors (Lipinski definition) is 2. The molecular weight excluding hydrogens is 254 g/mol. The van der Waals surface area contributed by atoms with Crippen LogP contribution in [0, 0.1) is 5.92 Å². The first-order chi connectivity index (χ1) is 9.52. The molecule has 108 valence electrons. The van der Waals surface area contributed by atoms with E-state index in [0.29, 0.717) is 18.7 Å². The summed E-state index contributed by atoms with van der Waals surface area (Å²) in [6, 6.07) is 2.14. The molecule has 2 aromatic rings. The maximum Gasteiger partial charge on any atom is 0.227 e. The van der Waals surface area contributed by atoms with E-state index in [1.165, 1.54) is 0 Å². The van der Waals surface area contributed by atoms with Gasteiger partial charge in [0.05, 0.1) is 18.1 Å². The summed E-state index contributed by atoms with van der Waals surface area (Å²) in [6.07, 6.45) is 4.10. The second kappa shape index (κ2) is 6.00. The molecule has 3 N–H and O–H groups in total. The van der Waals surface area contributed by atoms with Crippen molar-refractivity contribution in [2.45, 2.75) is 33.2 Å². The SMILES string of the molecule is CC(CCN)C(=O)Nc1cnc2c(cnn2C(C)C)c1. The molecule has 0 aromatic carbocycles. The summed E-state index contributed by atoms with van der Waals surface area (Å²) in [5.74, 6) is -0.137. The predicted octanol–water partition coefficient (Wildman–Crippen LogP) is 1.94. The van der Waals surface area contributed by atoms with Crippen LogP contribution in [0.2, 0.25) is 0 Å². The first-order valence-electron chi connectivity index (χ1n) is 6.87. The molecule has 0 aliphatic carbocycles. The number of carbonyl (C=O) groups is 1. The van der Waals surface area contributed by atoms with Crippen LogP contribution in [0.15, 0.2) is 18.5 Å². The third-order valence-electron chi connectivity index (χ3n) is 3.24. The molecule has 0 saturated carbocycles. The van der Waals surface area contributed by atoms with Crippen molar-refractivity contribution in [2.24, 2.45) is 11.7 Å². The van der Waals surface area contributed by atoms with Gasteiger partial charge >= 0.3 is 0 Å². The molecule has 1 unspecified atom stereocenters. The molecule has 1 atom stereocenters. The average Bonchev–Trinajstić information content (AvgIpc) is 2.82. The number of nitrogens with one attached hydrogen (secondary N) is 1. The number of pyridine rings is 1. The van der Waals surface area contributed by atoms with Gasteiger partial charge in [0.15, 0.2) is 5.65 Å². The van der Waals surface area contributed by atoms with E-state index >= 15 is 0 Å². The van der Waals surface area contributed by atoms with Gasteiger partial charge in [0.1, 0.15) is 0 Å². The van der Waals surface area contributed by atoms with Gasteiger partial charge in [0.25, 0.3) is 0 Å². The van der Waals surface area contributed by atoms with Crippen LogP contribution in [0.4, 0.5) is 5.69 Å². The molecule has 0 bridgehead atoms. The molecule has 2 heterocycles. The van der Waals surface area contributed by atoms with Gasteiger partial charge in [-0.3, -0.25) is 4.79 Å². The fourth-order valence-electron chi connectivity index (χ4n) is 2.03. The number of amides is 1. The van der Waals surface area contributed by atoms with Gasteiger partial charge in [-0.2, -0.15) is 5.10 Å². The second-order valence-electron chi connectivity index (χ2n) is 5.29. The van der Waals surface area contributed by atoms with E-state index in [2.05, 4.69) is 29.2 Å². The minimum Gasteiger partial charge on any atom is -0.330 e. The largest absolute Gasteiger partial charge is 0.330 e. The van der Waals surface area contributed by atoms with E-state index in [9.17, 15) is 4.79 Å². The van der Waals surface area contributed by atoms with Crippen LogP contribution in [-0.4, -0.2) is 27.2 Å². The Balaban J connectivity index is 2.18. The topological polar surface area (TPSA) is 85.8 Å². The van der Waals surface area contributed by atoms with Crippen molar-refractivity contribution in [3.05, 3.63) is 18.5 Å². The molecule has 0 spiro atoms. The maximum absolute atomic E-state index is 11.9. The molecule has 20 heavy (non-hydrogen) atoms. The lowest BCUT2D eigenvalue weighted by Crippen LogP contribution is -2.22. The van der Waals surface area contributed by atoms with Gasteiger partial charge in [0.2, 0.25) is 5.91 Å². The highest BCUT2D eigenvalue weighted by Gasteiger charge is 2.13. The van der Waals surface area contributed by atoms with Gasteiger partial charge < -0.3 is 11.1 Å². The number of anilines is 1. The fraction of sp³-hybridized carbons (Fsp3) is 0.500. The zero-order chi connectivity index (χ0) is 14.7.